The molecule has 2 heteroatoms. The van der Waals surface area contributed by atoms with E-state index in [4.69, 9.17) is 5.73 Å². The molecule has 1 aromatic heterocycles. The van der Waals surface area contributed by atoms with E-state index in [1.807, 2.05) is 0 Å². The van der Waals surface area contributed by atoms with E-state index >= 15 is 0 Å². The van der Waals surface area contributed by atoms with Gasteiger partial charge in [-0.2, -0.15) is 0 Å². The molecular weight excluding hydrogens is 196 g/mol. The van der Waals surface area contributed by atoms with Crippen LogP contribution in [-0.2, 0) is 7.05 Å². The van der Waals surface area contributed by atoms with E-state index in [2.05, 4.69) is 50.7 Å². The summed E-state index contributed by atoms with van der Waals surface area (Å²) >= 11 is 0. The second-order valence-corrected chi connectivity index (χ2v) is 4.74. The lowest BCUT2D eigenvalue weighted by molar-refractivity contribution is 0.774. The highest BCUT2D eigenvalue weighted by molar-refractivity contribution is 5.88. The molecule has 0 saturated heterocycles. The standard InChI is InChI=1S/C14H20N2/c1-9-5-6-12-13(10(2)7-15)8-16(4)14(12)11(9)3/h5-6,8,10H,7,15H2,1-4H3. The van der Waals surface area contributed by atoms with E-state index in [1.54, 1.807) is 0 Å². The molecule has 1 aromatic carbocycles. The summed E-state index contributed by atoms with van der Waals surface area (Å²) in [5, 5.41) is 1.35. The number of benzene rings is 1. The molecule has 0 aliphatic carbocycles. The average Bonchev–Trinajstić information content (AvgIpc) is 2.61. The van der Waals surface area contributed by atoms with Gasteiger partial charge in [0.25, 0.3) is 0 Å². The molecule has 2 rings (SSSR count). The molecule has 0 saturated carbocycles. The normalized spacial score (nSPS) is 13.3. The van der Waals surface area contributed by atoms with Crippen molar-refractivity contribution in [2.24, 2.45) is 12.8 Å². The SMILES string of the molecule is Cc1ccc2c(C(C)CN)cn(C)c2c1C. The zero-order valence-corrected chi connectivity index (χ0v) is 10.5. The molecule has 0 aliphatic rings. The van der Waals surface area contributed by atoms with Crippen molar-refractivity contribution in [2.45, 2.75) is 26.7 Å². The second kappa shape index (κ2) is 3.95. The zero-order valence-electron chi connectivity index (χ0n) is 10.5. The molecule has 1 unspecified atom stereocenters. The van der Waals surface area contributed by atoms with Crippen molar-refractivity contribution in [3.05, 3.63) is 35.0 Å². The highest BCUT2D eigenvalue weighted by Gasteiger charge is 2.13. The van der Waals surface area contributed by atoms with Crippen molar-refractivity contribution in [2.75, 3.05) is 6.54 Å². The van der Waals surface area contributed by atoms with E-state index < -0.39 is 0 Å². The minimum atomic E-state index is 0.422. The van der Waals surface area contributed by atoms with Gasteiger partial charge in [0.1, 0.15) is 0 Å². The molecule has 0 aliphatic heterocycles. The van der Waals surface area contributed by atoms with Crippen LogP contribution in [0.1, 0.15) is 29.5 Å². The Balaban J connectivity index is 2.77. The van der Waals surface area contributed by atoms with Crippen molar-refractivity contribution in [1.82, 2.24) is 4.57 Å². The van der Waals surface area contributed by atoms with Crippen LogP contribution >= 0.6 is 0 Å². The van der Waals surface area contributed by atoms with E-state index in [0.717, 1.165) is 0 Å². The van der Waals surface area contributed by atoms with Crippen LogP contribution in [0, 0.1) is 13.8 Å². The highest BCUT2D eigenvalue weighted by atomic mass is 14.9. The van der Waals surface area contributed by atoms with Crippen molar-refractivity contribution in [3.8, 4) is 0 Å². The van der Waals surface area contributed by atoms with Gasteiger partial charge in [0.05, 0.1) is 5.52 Å². The molecule has 16 heavy (non-hydrogen) atoms. The van der Waals surface area contributed by atoms with E-state index in [9.17, 15) is 0 Å². The molecule has 2 nitrogen and oxygen atoms in total. The summed E-state index contributed by atoms with van der Waals surface area (Å²) in [7, 11) is 2.11. The number of hydrogen-bond acceptors (Lipinski definition) is 1. The molecule has 0 bridgehead atoms. The van der Waals surface area contributed by atoms with E-state index in [-0.39, 0.29) is 0 Å². The third-order valence-electron chi connectivity index (χ3n) is 3.58. The number of nitrogens with zero attached hydrogens (tertiary/aromatic N) is 1. The first kappa shape index (κ1) is 11.2. The number of nitrogens with two attached hydrogens (primary N) is 1. The van der Waals surface area contributed by atoms with Gasteiger partial charge in [0.2, 0.25) is 0 Å². The number of hydrogen-bond donors (Lipinski definition) is 1. The number of rotatable bonds is 2. The predicted octanol–water partition coefficient (Wildman–Crippen LogP) is 2.86. The minimum absolute atomic E-state index is 0.422. The Kier molecular flexibility index (Phi) is 2.76. The fourth-order valence-corrected chi connectivity index (χ4v) is 2.35. The lowest BCUT2D eigenvalue weighted by atomic mass is 9.98. The largest absolute Gasteiger partial charge is 0.350 e. The van der Waals surface area contributed by atoms with Crippen LogP contribution in [0.15, 0.2) is 18.3 Å². The Hall–Kier alpha value is -1.28. The molecule has 2 aromatic rings. The molecule has 1 atom stereocenters. The van der Waals surface area contributed by atoms with E-state index in [0.29, 0.717) is 12.5 Å². The van der Waals surface area contributed by atoms with Gasteiger partial charge in [-0.1, -0.05) is 19.1 Å². The zero-order chi connectivity index (χ0) is 11.9. The molecular formula is C14H20N2. The van der Waals surface area contributed by atoms with Crippen molar-refractivity contribution < 1.29 is 0 Å². The smallest absolute Gasteiger partial charge is 0.0513 e. The maximum Gasteiger partial charge on any atom is 0.0513 e. The molecule has 0 radical (unpaired) electrons. The lowest BCUT2D eigenvalue weighted by Crippen LogP contribution is -2.08. The van der Waals surface area contributed by atoms with Gasteiger partial charge < -0.3 is 10.3 Å². The lowest BCUT2D eigenvalue weighted by Gasteiger charge is -2.08. The Morgan fingerprint density at radius 2 is 2.00 bits per heavy atom. The first-order valence-corrected chi connectivity index (χ1v) is 5.81. The summed E-state index contributed by atoms with van der Waals surface area (Å²) in [6.07, 6.45) is 2.22. The van der Waals surface area contributed by atoms with Crippen molar-refractivity contribution in [3.63, 3.8) is 0 Å². The third kappa shape index (κ3) is 1.54. The minimum Gasteiger partial charge on any atom is -0.350 e. The van der Waals surface area contributed by atoms with Gasteiger partial charge in [-0.05, 0) is 43.0 Å². The average molecular weight is 216 g/mol. The molecule has 0 amide bonds. The summed E-state index contributed by atoms with van der Waals surface area (Å²) in [6, 6.07) is 4.42. The Labute approximate surface area is 97.1 Å². The van der Waals surface area contributed by atoms with Crippen LogP contribution in [0.2, 0.25) is 0 Å². The first-order chi connectivity index (χ1) is 7.56. The molecule has 2 N–H and O–H groups in total. The van der Waals surface area contributed by atoms with Crippen LogP contribution in [0.25, 0.3) is 10.9 Å². The van der Waals surface area contributed by atoms with Gasteiger partial charge >= 0.3 is 0 Å². The third-order valence-corrected chi connectivity index (χ3v) is 3.58. The van der Waals surface area contributed by atoms with Crippen molar-refractivity contribution in [1.29, 1.82) is 0 Å². The fourth-order valence-electron chi connectivity index (χ4n) is 2.35. The van der Waals surface area contributed by atoms with Crippen LogP contribution in [0.4, 0.5) is 0 Å². The van der Waals surface area contributed by atoms with E-state index in [1.165, 1.54) is 27.6 Å². The Morgan fingerprint density at radius 1 is 1.31 bits per heavy atom. The predicted molar refractivity (Wildman–Crippen MR) is 69.9 cm³/mol. The van der Waals surface area contributed by atoms with Gasteiger partial charge in [-0.3, -0.25) is 0 Å². The number of aryl methyl sites for hydroxylation is 3. The van der Waals surface area contributed by atoms with Gasteiger partial charge in [-0.25, -0.2) is 0 Å². The Morgan fingerprint density at radius 3 is 2.62 bits per heavy atom. The van der Waals surface area contributed by atoms with Gasteiger partial charge in [-0.15, -0.1) is 0 Å². The first-order valence-electron chi connectivity index (χ1n) is 5.81. The van der Waals surface area contributed by atoms with Gasteiger partial charge in [0.15, 0.2) is 0 Å². The summed E-state index contributed by atoms with van der Waals surface area (Å²) < 4.78 is 2.22. The monoisotopic (exact) mass is 216 g/mol. The summed E-state index contributed by atoms with van der Waals surface area (Å²) in [4.78, 5) is 0. The van der Waals surface area contributed by atoms with Gasteiger partial charge in [0, 0.05) is 18.6 Å². The fraction of sp³-hybridized carbons (Fsp3) is 0.429. The topological polar surface area (TPSA) is 30.9 Å². The number of fused-ring (bicyclic) bond motifs is 1. The summed E-state index contributed by atoms with van der Waals surface area (Å²) in [6.45, 7) is 7.23. The van der Waals surface area contributed by atoms with Crippen LogP contribution in [0.5, 0.6) is 0 Å². The van der Waals surface area contributed by atoms with Crippen LogP contribution in [0.3, 0.4) is 0 Å². The van der Waals surface area contributed by atoms with Crippen LogP contribution in [-0.4, -0.2) is 11.1 Å². The molecule has 86 valence electrons. The van der Waals surface area contributed by atoms with Crippen molar-refractivity contribution >= 4 is 10.9 Å². The maximum atomic E-state index is 5.76. The Bertz CT molecular complexity index is 523. The molecule has 1 heterocycles. The summed E-state index contributed by atoms with van der Waals surface area (Å²) in [5.41, 5.74) is 11.2. The summed E-state index contributed by atoms with van der Waals surface area (Å²) in [5.74, 6) is 0.422. The maximum absolute atomic E-state index is 5.76. The highest BCUT2D eigenvalue weighted by Crippen LogP contribution is 2.30. The number of aromatic nitrogens is 1. The molecule has 0 spiro atoms. The quantitative estimate of drug-likeness (QED) is 0.822. The second-order valence-electron chi connectivity index (χ2n) is 4.74. The van der Waals surface area contributed by atoms with Crippen LogP contribution < -0.4 is 5.73 Å². The molecule has 0 fully saturated rings.